The zero-order valence-corrected chi connectivity index (χ0v) is 20.4. The SMILES string of the molecule is CN(CCCC(Cc1cccc(-c2ccn[nH]2)c1)C(=O)OC(C)(C)C)C(=O)OC(C)(C)C. The fourth-order valence-corrected chi connectivity index (χ4v) is 3.26. The second-order valence-electron chi connectivity index (χ2n) is 10.1. The van der Waals surface area contributed by atoms with Crippen LogP contribution in [0.3, 0.4) is 0 Å². The fraction of sp³-hybridized carbons (Fsp3) is 0.560. The van der Waals surface area contributed by atoms with Gasteiger partial charge in [0.25, 0.3) is 0 Å². The molecule has 0 saturated heterocycles. The van der Waals surface area contributed by atoms with Crippen LogP contribution in [-0.4, -0.2) is 52.0 Å². The second kappa shape index (κ2) is 10.7. The summed E-state index contributed by atoms with van der Waals surface area (Å²) < 4.78 is 11.1. The van der Waals surface area contributed by atoms with E-state index in [2.05, 4.69) is 16.3 Å². The summed E-state index contributed by atoms with van der Waals surface area (Å²) in [6, 6.07) is 9.99. The van der Waals surface area contributed by atoms with E-state index in [0.717, 1.165) is 16.8 Å². The molecule has 32 heavy (non-hydrogen) atoms. The van der Waals surface area contributed by atoms with Crippen molar-refractivity contribution in [1.29, 1.82) is 0 Å². The number of hydrogen-bond acceptors (Lipinski definition) is 5. The fourth-order valence-electron chi connectivity index (χ4n) is 3.26. The van der Waals surface area contributed by atoms with E-state index in [0.29, 0.717) is 25.8 Å². The van der Waals surface area contributed by atoms with E-state index >= 15 is 0 Å². The zero-order valence-electron chi connectivity index (χ0n) is 20.4. The summed E-state index contributed by atoms with van der Waals surface area (Å²) in [4.78, 5) is 26.7. The lowest BCUT2D eigenvalue weighted by molar-refractivity contribution is -0.160. The summed E-state index contributed by atoms with van der Waals surface area (Å²) >= 11 is 0. The average molecular weight is 444 g/mol. The van der Waals surface area contributed by atoms with Gasteiger partial charge in [0.05, 0.1) is 11.6 Å². The number of benzene rings is 1. The van der Waals surface area contributed by atoms with E-state index in [-0.39, 0.29) is 18.0 Å². The molecule has 0 aliphatic heterocycles. The van der Waals surface area contributed by atoms with Gasteiger partial charge in [-0.25, -0.2) is 4.79 Å². The highest BCUT2D eigenvalue weighted by molar-refractivity contribution is 5.73. The molecule has 1 aromatic carbocycles. The predicted molar refractivity (Wildman–Crippen MR) is 125 cm³/mol. The minimum absolute atomic E-state index is 0.218. The molecule has 0 spiro atoms. The first kappa shape index (κ1) is 25.4. The summed E-state index contributed by atoms with van der Waals surface area (Å²) in [5, 5.41) is 6.98. The van der Waals surface area contributed by atoms with Gasteiger partial charge in [-0.3, -0.25) is 9.89 Å². The number of carbonyl (C=O) groups excluding carboxylic acids is 2. The molecule has 0 bridgehead atoms. The van der Waals surface area contributed by atoms with Crippen LogP contribution in [0, 0.1) is 5.92 Å². The van der Waals surface area contributed by atoms with Crippen LogP contribution in [0.1, 0.15) is 59.9 Å². The Morgan fingerprint density at radius 1 is 1.06 bits per heavy atom. The molecule has 1 atom stereocenters. The Labute approximate surface area is 191 Å². The molecule has 2 aromatic rings. The largest absolute Gasteiger partial charge is 0.460 e. The molecular weight excluding hydrogens is 406 g/mol. The van der Waals surface area contributed by atoms with Crippen LogP contribution in [0.2, 0.25) is 0 Å². The van der Waals surface area contributed by atoms with Crippen molar-refractivity contribution in [2.75, 3.05) is 13.6 Å². The van der Waals surface area contributed by atoms with Crippen LogP contribution in [-0.2, 0) is 20.7 Å². The number of aromatic amines is 1. The standard InChI is InChI=1S/C25H37N3O4/c1-24(2,3)31-22(29)20(12-9-15-28(7)23(30)32-25(4,5)6)17-18-10-8-11-19(16-18)21-13-14-26-27-21/h8,10-11,13-14,16,20H,9,12,15,17H2,1-7H3,(H,26,27). The molecule has 1 heterocycles. The van der Waals surface area contributed by atoms with Crippen LogP contribution in [0.15, 0.2) is 36.5 Å². The lowest BCUT2D eigenvalue weighted by Gasteiger charge is -2.26. The van der Waals surface area contributed by atoms with Crippen LogP contribution in [0.5, 0.6) is 0 Å². The van der Waals surface area contributed by atoms with Gasteiger partial charge in [0.15, 0.2) is 0 Å². The van der Waals surface area contributed by atoms with Crippen molar-refractivity contribution in [3.63, 3.8) is 0 Å². The molecule has 2 rings (SSSR count). The van der Waals surface area contributed by atoms with Crippen molar-refractivity contribution >= 4 is 12.1 Å². The number of carbonyl (C=O) groups is 2. The van der Waals surface area contributed by atoms with Crippen LogP contribution < -0.4 is 0 Å². The van der Waals surface area contributed by atoms with Gasteiger partial charge in [-0.15, -0.1) is 0 Å². The Morgan fingerprint density at radius 2 is 1.75 bits per heavy atom. The maximum absolute atomic E-state index is 12.9. The van der Waals surface area contributed by atoms with Gasteiger partial charge in [0.2, 0.25) is 0 Å². The molecule has 1 unspecified atom stereocenters. The molecule has 0 fully saturated rings. The van der Waals surface area contributed by atoms with E-state index in [1.54, 1.807) is 18.1 Å². The van der Waals surface area contributed by atoms with Crippen molar-refractivity contribution in [3.8, 4) is 11.3 Å². The van der Waals surface area contributed by atoms with Crippen LogP contribution in [0.25, 0.3) is 11.3 Å². The minimum Gasteiger partial charge on any atom is -0.460 e. The summed E-state index contributed by atoms with van der Waals surface area (Å²) in [6.45, 7) is 11.6. The van der Waals surface area contributed by atoms with Crippen LogP contribution >= 0.6 is 0 Å². The monoisotopic (exact) mass is 443 g/mol. The highest BCUT2D eigenvalue weighted by atomic mass is 16.6. The van der Waals surface area contributed by atoms with Gasteiger partial charge in [-0.2, -0.15) is 5.10 Å². The predicted octanol–water partition coefficient (Wildman–Crippen LogP) is 5.22. The third-order valence-corrected chi connectivity index (χ3v) is 4.71. The van der Waals surface area contributed by atoms with E-state index in [1.165, 1.54) is 0 Å². The van der Waals surface area contributed by atoms with Crippen molar-refractivity contribution in [2.45, 2.75) is 72.0 Å². The Kier molecular flexibility index (Phi) is 8.47. The van der Waals surface area contributed by atoms with E-state index < -0.39 is 11.2 Å². The summed E-state index contributed by atoms with van der Waals surface area (Å²) in [7, 11) is 1.71. The average Bonchev–Trinajstić information content (AvgIpc) is 3.19. The number of esters is 1. The number of rotatable bonds is 8. The Morgan fingerprint density at radius 3 is 2.34 bits per heavy atom. The number of hydrogen-bond donors (Lipinski definition) is 1. The van der Waals surface area contributed by atoms with Crippen molar-refractivity contribution in [1.82, 2.24) is 15.1 Å². The third kappa shape index (κ3) is 8.73. The Bertz CT molecular complexity index is 879. The highest BCUT2D eigenvalue weighted by Crippen LogP contribution is 2.23. The Hall–Kier alpha value is -2.83. The van der Waals surface area contributed by atoms with Gasteiger partial charge in [-0.1, -0.05) is 18.2 Å². The normalized spacial score (nSPS) is 12.8. The number of amides is 1. The molecule has 1 amide bonds. The van der Waals surface area contributed by atoms with Crippen LogP contribution in [0.4, 0.5) is 4.79 Å². The number of nitrogens with zero attached hydrogens (tertiary/aromatic N) is 2. The van der Waals surface area contributed by atoms with Gasteiger partial charge in [-0.05, 0) is 84.1 Å². The molecule has 7 nitrogen and oxygen atoms in total. The molecule has 7 heteroatoms. The number of ether oxygens (including phenoxy) is 2. The summed E-state index contributed by atoms with van der Waals surface area (Å²) in [5.74, 6) is -0.525. The smallest absolute Gasteiger partial charge is 0.410 e. The molecule has 1 aromatic heterocycles. The van der Waals surface area contributed by atoms with E-state index in [4.69, 9.17) is 9.47 Å². The van der Waals surface area contributed by atoms with E-state index in [9.17, 15) is 9.59 Å². The maximum Gasteiger partial charge on any atom is 0.410 e. The van der Waals surface area contributed by atoms with Gasteiger partial charge < -0.3 is 14.4 Å². The first-order chi connectivity index (χ1) is 14.8. The second-order valence-corrected chi connectivity index (χ2v) is 10.1. The number of H-pyrrole nitrogens is 1. The topological polar surface area (TPSA) is 84.5 Å². The summed E-state index contributed by atoms with van der Waals surface area (Å²) in [6.07, 6.45) is 3.19. The van der Waals surface area contributed by atoms with Crippen molar-refractivity contribution in [2.24, 2.45) is 5.92 Å². The highest BCUT2D eigenvalue weighted by Gasteiger charge is 2.26. The molecule has 0 radical (unpaired) electrons. The van der Waals surface area contributed by atoms with Gasteiger partial charge in [0.1, 0.15) is 11.2 Å². The first-order valence-corrected chi connectivity index (χ1v) is 11.1. The maximum atomic E-state index is 12.9. The zero-order chi connectivity index (χ0) is 23.9. The molecule has 1 N–H and O–H groups in total. The lowest BCUT2D eigenvalue weighted by atomic mass is 9.93. The van der Waals surface area contributed by atoms with Crippen molar-refractivity contribution < 1.29 is 19.1 Å². The number of nitrogens with one attached hydrogen (secondary N) is 1. The molecular formula is C25H37N3O4. The van der Waals surface area contributed by atoms with Gasteiger partial charge >= 0.3 is 12.1 Å². The molecule has 176 valence electrons. The van der Waals surface area contributed by atoms with Gasteiger partial charge in [0, 0.05) is 19.8 Å². The number of aromatic nitrogens is 2. The molecule has 0 saturated carbocycles. The summed E-state index contributed by atoms with van der Waals surface area (Å²) in [5.41, 5.74) is 1.91. The third-order valence-electron chi connectivity index (χ3n) is 4.71. The molecule has 0 aliphatic carbocycles. The minimum atomic E-state index is -0.555. The first-order valence-electron chi connectivity index (χ1n) is 11.1. The lowest BCUT2D eigenvalue weighted by Crippen LogP contribution is -2.35. The Balaban J connectivity index is 2.06. The van der Waals surface area contributed by atoms with Crippen molar-refractivity contribution in [3.05, 3.63) is 42.1 Å². The quantitative estimate of drug-likeness (QED) is 0.565. The van der Waals surface area contributed by atoms with E-state index in [1.807, 2.05) is 65.8 Å². The molecule has 0 aliphatic rings.